The van der Waals surface area contributed by atoms with Crippen molar-refractivity contribution in [1.29, 1.82) is 0 Å². The van der Waals surface area contributed by atoms with Crippen molar-refractivity contribution in [1.82, 2.24) is 29.9 Å². The van der Waals surface area contributed by atoms with Crippen LogP contribution in [0, 0.1) is 0 Å². The number of hydrogen-bond donors (Lipinski definition) is 0. The van der Waals surface area contributed by atoms with Crippen molar-refractivity contribution in [3.8, 4) is 79.2 Å². The molecule has 3 aliphatic carbocycles. The first-order valence-electron chi connectivity index (χ1n) is 20.9. The SMILES string of the molecule is c1ccc(-c2nc(-c3ccc(-c4ccc5c(c4)C4c6ccccc6C5c5cc(-c6nc(-c7ccccc7)nc(-c7ccccc7)n6)ccc54)cc3)cc(-c3cccnc3)n2)cc1. The smallest absolute Gasteiger partial charge is 0.164 e. The second-order valence-corrected chi connectivity index (χ2v) is 15.9. The minimum Gasteiger partial charge on any atom is -0.264 e. The van der Waals surface area contributed by atoms with Gasteiger partial charge in [-0.25, -0.2) is 24.9 Å². The molecule has 6 nitrogen and oxygen atoms in total. The van der Waals surface area contributed by atoms with Crippen LogP contribution < -0.4 is 0 Å². The number of benzene rings is 7. The van der Waals surface area contributed by atoms with Gasteiger partial charge >= 0.3 is 0 Å². The summed E-state index contributed by atoms with van der Waals surface area (Å²) in [6.45, 7) is 0. The molecule has 0 radical (unpaired) electrons. The zero-order valence-corrected chi connectivity index (χ0v) is 33.5. The van der Waals surface area contributed by atoms with Crippen LogP contribution in [0.1, 0.15) is 45.2 Å². The average molecular weight is 793 g/mol. The summed E-state index contributed by atoms with van der Waals surface area (Å²) in [6.07, 6.45) is 3.63. The first kappa shape index (κ1) is 35.7. The van der Waals surface area contributed by atoms with Gasteiger partial charge in [-0.15, -0.1) is 0 Å². The summed E-state index contributed by atoms with van der Waals surface area (Å²) >= 11 is 0. The van der Waals surface area contributed by atoms with Crippen molar-refractivity contribution in [3.63, 3.8) is 0 Å². The third-order valence-corrected chi connectivity index (χ3v) is 12.2. The summed E-state index contributed by atoms with van der Waals surface area (Å²) in [5.41, 5.74) is 18.0. The maximum absolute atomic E-state index is 5.07. The van der Waals surface area contributed by atoms with Crippen molar-refractivity contribution in [3.05, 3.63) is 240 Å². The molecule has 3 aromatic heterocycles. The average Bonchev–Trinajstić information content (AvgIpc) is 3.36. The molecular weight excluding hydrogens is 757 g/mol. The molecule has 2 unspecified atom stereocenters. The zero-order chi connectivity index (χ0) is 41.0. The van der Waals surface area contributed by atoms with Gasteiger partial charge in [0, 0.05) is 57.6 Å². The van der Waals surface area contributed by atoms with E-state index in [4.69, 9.17) is 24.9 Å². The Labute approximate surface area is 359 Å². The monoisotopic (exact) mass is 792 g/mol. The Morgan fingerprint density at radius 2 is 0.661 bits per heavy atom. The summed E-state index contributed by atoms with van der Waals surface area (Å²) in [6, 6.07) is 68.1. The van der Waals surface area contributed by atoms with E-state index in [1.54, 1.807) is 6.20 Å². The molecule has 62 heavy (non-hydrogen) atoms. The van der Waals surface area contributed by atoms with Crippen molar-refractivity contribution >= 4 is 0 Å². The van der Waals surface area contributed by atoms with E-state index in [1.807, 2.05) is 85.1 Å². The highest BCUT2D eigenvalue weighted by atomic mass is 15.0. The van der Waals surface area contributed by atoms with Gasteiger partial charge in [-0.2, -0.15) is 0 Å². The molecule has 0 fully saturated rings. The van der Waals surface area contributed by atoms with Gasteiger partial charge in [0.25, 0.3) is 0 Å². The zero-order valence-electron chi connectivity index (χ0n) is 33.5. The Bertz CT molecular complexity index is 3170. The standard InChI is InChI=1S/C56H36N6/c1-4-13-37(14-5-1)53-58-49(33-50(59-53)42-19-12-30-57-34-42)36-24-22-35(23-25-36)40-26-28-45-47(31-40)51-43-20-10-11-21-44(43)52(45)48-32-41(27-29-46(48)51)56-61-54(38-15-6-2-7-16-38)60-55(62-56)39-17-8-3-9-18-39/h1-34,51-52H. The predicted octanol–water partition coefficient (Wildman–Crippen LogP) is 12.7. The van der Waals surface area contributed by atoms with Crippen molar-refractivity contribution in [2.45, 2.75) is 11.8 Å². The van der Waals surface area contributed by atoms with E-state index in [0.717, 1.165) is 50.3 Å². The molecule has 10 aromatic rings. The minimum atomic E-state index is 0.0900. The molecule has 290 valence electrons. The number of pyridine rings is 1. The molecule has 0 saturated heterocycles. The quantitative estimate of drug-likeness (QED) is 0.160. The maximum Gasteiger partial charge on any atom is 0.164 e. The summed E-state index contributed by atoms with van der Waals surface area (Å²) in [5, 5.41) is 0. The molecule has 13 rings (SSSR count). The topological polar surface area (TPSA) is 77.3 Å². The second kappa shape index (κ2) is 14.8. The van der Waals surface area contributed by atoms with E-state index in [-0.39, 0.29) is 11.8 Å². The van der Waals surface area contributed by atoms with Crippen LogP contribution in [0.2, 0.25) is 0 Å². The van der Waals surface area contributed by atoms with Gasteiger partial charge in [-0.1, -0.05) is 164 Å². The second-order valence-electron chi connectivity index (χ2n) is 15.9. The van der Waals surface area contributed by atoms with E-state index in [0.29, 0.717) is 23.3 Å². The molecule has 0 N–H and O–H groups in total. The van der Waals surface area contributed by atoms with E-state index >= 15 is 0 Å². The number of nitrogens with zero attached hydrogens (tertiary/aromatic N) is 6. The highest BCUT2D eigenvalue weighted by molar-refractivity contribution is 5.78. The van der Waals surface area contributed by atoms with Crippen LogP contribution in [0.25, 0.3) is 79.2 Å². The number of rotatable bonds is 7. The molecular formula is C56H36N6. The summed E-state index contributed by atoms with van der Waals surface area (Å²) in [4.78, 5) is 29.4. The van der Waals surface area contributed by atoms with Gasteiger partial charge in [-0.3, -0.25) is 4.98 Å². The fourth-order valence-corrected chi connectivity index (χ4v) is 9.28. The predicted molar refractivity (Wildman–Crippen MR) is 246 cm³/mol. The Balaban J connectivity index is 0.916. The third kappa shape index (κ3) is 6.20. The largest absolute Gasteiger partial charge is 0.264 e. The molecule has 7 aromatic carbocycles. The molecule has 2 bridgehead atoms. The highest BCUT2D eigenvalue weighted by Crippen LogP contribution is 2.56. The lowest BCUT2D eigenvalue weighted by molar-refractivity contribution is 0.755. The van der Waals surface area contributed by atoms with E-state index < -0.39 is 0 Å². The number of hydrogen-bond acceptors (Lipinski definition) is 6. The molecule has 0 spiro atoms. The van der Waals surface area contributed by atoms with Gasteiger partial charge in [0.1, 0.15) is 0 Å². The van der Waals surface area contributed by atoms with Crippen LogP contribution in [0.4, 0.5) is 0 Å². The normalized spacial score (nSPS) is 14.5. The van der Waals surface area contributed by atoms with Crippen molar-refractivity contribution < 1.29 is 0 Å². The Kier molecular flexibility index (Phi) is 8.52. The van der Waals surface area contributed by atoms with Gasteiger partial charge in [0.2, 0.25) is 0 Å². The first-order chi connectivity index (χ1) is 30.7. The molecule has 3 heterocycles. The van der Waals surface area contributed by atoms with Gasteiger partial charge < -0.3 is 0 Å². The van der Waals surface area contributed by atoms with Crippen LogP contribution in [-0.4, -0.2) is 29.9 Å². The van der Waals surface area contributed by atoms with Gasteiger partial charge in [0.15, 0.2) is 23.3 Å². The number of aromatic nitrogens is 6. The van der Waals surface area contributed by atoms with E-state index in [9.17, 15) is 0 Å². The lowest BCUT2D eigenvalue weighted by Gasteiger charge is -2.42. The van der Waals surface area contributed by atoms with E-state index in [2.05, 4.69) is 120 Å². The third-order valence-electron chi connectivity index (χ3n) is 12.2. The Morgan fingerprint density at radius 1 is 0.258 bits per heavy atom. The summed E-state index contributed by atoms with van der Waals surface area (Å²) < 4.78 is 0. The maximum atomic E-state index is 5.07. The Morgan fingerprint density at radius 3 is 1.19 bits per heavy atom. The van der Waals surface area contributed by atoms with Crippen LogP contribution in [0.5, 0.6) is 0 Å². The van der Waals surface area contributed by atoms with Crippen LogP contribution in [0.15, 0.2) is 207 Å². The van der Waals surface area contributed by atoms with Gasteiger partial charge in [-0.05, 0) is 74.8 Å². The fourth-order valence-electron chi connectivity index (χ4n) is 9.28. The Hall–Kier alpha value is -8.22. The molecule has 2 atom stereocenters. The van der Waals surface area contributed by atoms with Crippen LogP contribution in [0.3, 0.4) is 0 Å². The fraction of sp³-hybridized carbons (Fsp3) is 0.0357. The first-order valence-corrected chi connectivity index (χ1v) is 20.9. The van der Waals surface area contributed by atoms with Crippen molar-refractivity contribution in [2.75, 3.05) is 0 Å². The summed E-state index contributed by atoms with van der Waals surface area (Å²) in [5.74, 6) is 2.87. The van der Waals surface area contributed by atoms with Gasteiger partial charge in [0.05, 0.1) is 11.4 Å². The lowest BCUT2D eigenvalue weighted by atomic mass is 9.60. The molecule has 6 heteroatoms. The molecule has 3 aliphatic rings. The molecule has 0 saturated carbocycles. The molecule has 0 aliphatic heterocycles. The van der Waals surface area contributed by atoms with Crippen LogP contribution >= 0.6 is 0 Å². The highest BCUT2D eigenvalue weighted by Gasteiger charge is 2.41. The van der Waals surface area contributed by atoms with Crippen molar-refractivity contribution in [2.24, 2.45) is 0 Å². The van der Waals surface area contributed by atoms with E-state index in [1.165, 1.54) is 38.9 Å². The molecule has 0 amide bonds. The minimum absolute atomic E-state index is 0.0900. The lowest BCUT2D eigenvalue weighted by Crippen LogP contribution is -2.27. The van der Waals surface area contributed by atoms with Crippen LogP contribution in [-0.2, 0) is 0 Å². The summed E-state index contributed by atoms with van der Waals surface area (Å²) in [7, 11) is 0.